The van der Waals surface area contributed by atoms with Crippen molar-refractivity contribution < 1.29 is 0 Å². The zero-order chi connectivity index (χ0) is 12.0. The molecule has 0 aromatic heterocycles. The van der Waals surface area contributed by atoms with Crippen molar-refractivity contribution in [3.05, 3.63) is 0 Å². The van der Waals surface area contributed by atoms with Crippen LogP contribution in [0.2, 0.25) is 0 Å². The van der Waals surface area contributed by atoms with Crippen LogP contribution in [0.4, 0.5) is 0 Å². The van der Waals surface area contributed by atoms with Crippen molar-refractivity contribution in [2.75, 3.05) is 33.2 Å². The van der Waals surface area contributed by atoms with Crippen molar-refractivity contribution in [3.8, 4) is 0 Å². The number of hydrogen-bond acceptors (Lipinski definition) is 3. The highest BCUT2D eigenvalue weighted by Gasteiger charge is 2.55. The van der Waals surface area contributed by atoms with Crippen LogP contribution in [0.3, 0.4) is 0 Å². The summed E-state index contributed by atoms with van der Waals surface area (Å²) in [5.74, 6) is 0. The van der Waals surface area contributed by atoms with Crippen LogP contribution >= 0.6 is 0 Å². The lowest BCUT2D eigenvalue weighted by atomic mass is 9.81. The Bertz CT molecular complexity index is 262. The van der Waals surface area contributed by atoms with Gasteiger partial charge in [-0.25, -0.2) is 0 Å². The van der Waals surface area contributed by atoms with Gasteiger partial charge in [-0.1, -0.05) is 6.92 Å². The van der Waals surface area contributed by atoms with Gasteiger partial charge in [0.15, 0.2) is 0 Å². The molecule has 2 rings (SSSR count). The van der Waals surface area contributed by atoms with Crippen LogP contribution in [0.15, 0.2) is 0 Å². The molecule has 0 amide bonds. The fourth-order valence-electron chi connectivity index (χ4n) is 2.98. The van der Waals surface area contributed by atoms with E-state index in [2.05, 4.69) is 37.6 Å². The zero-order valence-electron chi connectivity index (χ0n) is 11.3. The van der Waals surface area contributed by atoms with Crippen molar-refractivity contribution in [1.29, 1.82) is 0 Å². The van der Waals surface area contributed by atoms with Crippen molar-refractivity contribution in [2.24, 2.45) is 11.1 Å². The van der Waals surface area contributed by atoms with Crippen LogP contribution < -0.4 is 5.73 Å². The molecule has 1 aliphatic heterocycles. The molecule has 1 heterocycles. The van der Waals surface area contributed by atoms with E-state index in [-0.39, 0.29) is 5.54 Å². The first-order valence-electron chi connectivity index (χ1n) is 6.58. The second kappa shape index (κ2) is 3.97. The van der Waals surface area contributed by atoms with E-state index in [4.69, 9.17) is 5.73 Å². The highest BCUT2D eigenvalue weighted by molar-refractivity contribution is 5.10. The molecule has 2 fully saturated rings. The summed E-state index contributed by atoms with van der Waals surface area (Å²) in [6, 6.07) is 0.655. The van der Waals surface area contributed by atoms with E-state index < -0.39 is 0 Å². The molecule has 2 unspecified atom stereocenters. The SMILES string of the molecule is CC1CN(C(C)(CN)C2(C)CC2)CCN1C. The monoisotopic (exact) mass is 225 g/mol. The number of rotatable bonds is 3. The van der Waals surface area contributed by atoms with Gasteiger partial charge in [0, 0.05) is 37.8 Å². The first-order valence-corrected chi connectivity index (χ1v) is 6.58. The molecule has 0 radical (unpaired) electrons. The third-order valence-corrected chi connectivity index (χ3v) is 5.36. The van der Waals surface area contributed by atoms with Crippen LogP contribution in [0.5, 0.6) is 0 Å². The summed E-state index contributed by atoms with van der Waals surface area (Å²) in [6.07, 6.45) is 2.70. The first kappa shape index (κ1) is 12.3. The standard InChI is InChI=1S/C13H27N3/c1-11-9-16(8-7-15(11)4)13(3,10-14)12(2)5-6-12/h11H,5-10,14H2,1-4H3. The highest BCUT2D eigenvalue weighted by Crippen LogP contribution is 2.55. The van der Waals surface area contributed by atoms with Crippen LogP contribution in [-0.2, 0) is 0 Å². The third kappa shape index (κ3) is 1.79. The minimum atomic E-state index is 0.211. The average molecular weight is 225 g/mol. The van der Waals surface area contributed by atoms with Gasteiger partial charge in [0.05, 0.1) is 0 Å². The summed E-state index contributed by atoms with van der Waals surface area (Å²) in [5.41, 5.74) is 6.77. The number of nitrogens with zero attached hydrogens (tertiary/aromatic N) is 2. The predicted octanol–water partition coefficient (Wildman–Crippen LogP) is 1.14. The zero-order valence-corrected chi connectivity index (χ0v) is 11.3. The van der Waals surface area contributed by atoms with E-state index in [0.29, 0.717) is 11.5 Å². The van der Waals surface area contributed by atoms with Gasteiger partial charge >= 0.3 is 0 Å². The molecule has 2 aliphatic rings. The Kier molecular flexibility index (Phi) is 3.06. The van der Waals surface area contributed by atoms with Gasteiger partial charge in [0.1, 0.15) is 0 Å². The lowest BCUT2D eigenvalue weighted by molar-refractivity contribution is -0.00910. The fourth-order valence-corrected chi connectivity index (χ4v) is 2.98. The molecule has 1 saturated heterocycles. The summed E-state index contributed by atoms with van der Waals surface area (Å²) >= 11 is 0. The summed E-state index contributed by atoms with van der Waals surface area (Å²) in [7, 11) is 2.22. The molecule has 0 aromatic carbocycles. The van der Waals surface area contributed by atoms with Gasteiger partial charge in [0.25, 0.3) is 0 Å². The van der Waals surface area contributed by atoms with Crippen LogP contribution in [-0.4, -0.2) is 54.6 Å². The normalized spacial score (nSPS) is 34.7. The van der Waals surface area contributed by atoms with E-state index in [1.165, 1.54) is 32.5 Å². The molecule has 0 bridgehead atoms. The van der Waals surface area contributed by atoms with Crippen LogP contribution in [0.25, 0.3) is 0 Å². The van der Waals surface area contributed by atoms with Crippen molar-refractivity contribution >= 4 is 0 Å². The fraction of sp³-hybridized carbons (Fsp3) is 1.00. The van der Waals surface area contributed by atoms with E-state index in [1.807, 2.05) is 0 Å². The Balaban J connectivity index is 2.10. The molecular formula is C13H27N3. The Labute approximate surface area is 100.0 Å². The maximum atomic E-state index is 6.09. The van der Waals surface area contributed by atoms with Gasteiger partial charge in [-0.15, -0.1) is 0 Å². The number of likely N-dealkylation sites (N-methyl/N-ethyl adjacent to an activating group) is 1. The van der Waals surface area contributed by atoms with Crippen molar-refractivity contribution in [2.45, 2.75) is 45.2 Å². The Morgan fingerprint density at radius 2 is 2.00 bits per heavy atom. The van der Waals surface area contributed by atoms with Crippen molar-refractivity contribution in [3.63, 3.8) is 0 Å². The summed E-state index contributed by atoms with van der Waals surface area (Å²) in [4.78, 5) is 5.09. The minimum absolute atomic E-state index is 0.211. The molecular weight excluding hydrogens is 198 g/mol. The molecule has 16 heavy (non-hydrogen) atoms. The lowest BCUT2D eigenvalue weighted by Gasteiger charge is -2.50. The number of hydrogen-bond donors (Lipinski definition) is 1. The van der Waals surface area contributed by atoms with Gasteiger partial charge < -0.3 is 10.6 Å². The highest BCUT2D eigenvalue weighted by atomic mass is 15.3. The van der Waals surface area contributed by atoms with Crippen molar-refractivity contribution in [1.82, 2.24) is 9.80 Å². The number of piperazine rings is 1. The largest absolute Gasteiger partial charge is 0.329 e. The Morgan fingerprint density at radius 1 is 1.38 bits per heavy atom. The molecule has 3 heteroatoms. The topological polar surface area (TPSA) is 32.5 Å². The molecule has 94 valence electrons. The summed E-state index contributed by atoms with van der Waals surface area (Å²) in [6.45, 7) is 11.4. The quantitative estimate of drug-likeness (QED) is 0.782. The summed E-state index contributed by atoms with van der Waals surface area (Å²) in [5, 5.41) is 0. The maximum Gasteiger partial charge on any atom is 0.0358 e. The molecule has 0 spiro atoms. The second-order valence-electron chi connectivity index (χ2n) is 6.31. The third-order valence-electron chi connectivity index (χ3n) is 5.36. The van der Waals surface area contributed by atoms with E-state index in [0.717, 1.165) is 6.54 Å². The molecule has 0 aromatic rings. The predicted molar refractivity (Wildman–Crippen MR) is 68.5 cm³/mol. The minimum Gasteiger partial charge on any atom is -0.329 e. The average Bonchev–Trinajstić information content (AvgIpc) is 3.01. The van der Waals surface area contributed by atoms with E-state index in [9.17, 15) is 0 Å². The molecule has 1 saturated carbocycles. The second-order valence-corrected chi connectivity index (χ2v) is 6.31. The number of nitrogens with two attached hydrogens (primary N) is 1. The van der Waals surface area contributed by atoms with Gasteiger partial charge in [0.2, 0.25) is 0 Å². The summed E-state index contributed by atoms with van der Waals surface area (Å²) < 4.78 is 0. The molecule has 3 nitrogen and oxygen atoms in total. The van der Waals surface area contributed by atoms with E-state index in [1.54, 1.807) is 0 Å². The molecule has 2 atom stereocenters. The van der Waals surface area contributed by atoms with Gasteiger partial charge in [-0.3, -0.25) is 4.90 Å². The smallest absolute Gasteiger partial charge is 0.0358 e. The van der Waals surface area contributed by atoms with E-state index >= 15 is 0 Å². The Hall–Kier alpha value is -0.120. The first-order chi connectivity index (χ1) is 7.43. The van der Waals surface area contributed by atoms with Gasteiger partial charge in [-0.05, 0) is 39.2 Å². The molecule has 1 aliphatic carbocycles. The Morgan fingerprint density at radius 3 is 2.44 bits per heavy atom. The van der Waals surface area contributed by atoms with Crippen LogP contribution in [0, 0.1) is 5.41 Å². The van der Waals surface area contributed by atoms with Crippen LogP contribution in [0.1, 0.15) is 33.6 Å². The maximum absolute atomic E-state index is 6.09. The molecule has 2 N–H and O–H groups in total. The lowest BCUT2D eigenvalue weighted by Crippen LogP contribution is -2.63. The van der Waals surface area contributed by atoms with Gasteiger partial charge in [-0.2, -0.15) is 0 Å².